The van der Waals surface area contributed by atoms with E-state index < -0.39 is 12.2 Å². The first kappa shape index (κ1) is 13.7. The smallest absolute Gasteiger partial charge is 0.257 e. The molecule has 22 heavy (non-hydrogen) atoms. The van der Waals surface area contributed by atoms with Crippen LogP contribution in [-0.4, -0.2) is 55.9 Å². The Bertz CT molecular complexity index is 695. The van der Waals surface area contributed by atoms with Gasteiger partial charge >= 0.3 is 0 Å². The van der Waals surface area contributed by atoms with Gasteiger partial charge in [-0.05, 0) is 36.8 Å². The number of rotatable bonds is 1. The van der Waals surface area contributed by atoms with Crippen molar-refractivity contribution in [2.75, 3.05) is 13.1 Å². The fraction of sp³-hybridized carbons (Fsp3) is 0.500. The van der Waals surface area contributed by atoms with Crippen molar-refractivity contribution in [3.63, 3.8) is 0 Å². The van der Waals surface area contributed by atoms with Gasteiger partial charge in [0.1, 0.15) is 0 Å². The second kappa shape index (κ2) is 5.07. The molecule has 0 aromatic carbocycles. The minimum atomic E-state index is -0.659. The van der Waals surface area contributed by atoms with Crippen molar-refractivity contribution < 1.29 is 15.0 Å². The lowest BCUT2D eigenvalue weighted by atomic mass is 9.79. The summed E-state index contributed by atoms with van der Waals surface area (Å²) in [5.74, 6) is 0.549. The van der Waals surface area contributed by atoms with E-state index in [2.05, 4.69) is 5.10 Å². The van der Waals surface area contributed by atoms with E-state index >= 15 is 0 Å². The highest BCUT2D eigenvalue weighted by atomic mass is 16.3. The molecule has 2 N–H and O–H groups in total. The third-order valence-electron chi connectivity index (χ3n) is 5.05. The van der Waals surface area contributed by atoms with Crippen LogP contribution in [0.5, 0.6) is 0 Å². The highest BCUT2D eigenvalue weighted by Gasteiger charge is 2.42. The van der Waals surface area contributed by atoms with Gasteiger partial charge < -0.3 is 15.1 Å². The van der Waals surface area contributed by atoms with Crippen molar-refractivity contribution in [3.05, 3.63) is 36.2 Å². The van der Waals surface area contributed by atoms with Crippen molar-refractivity contribution >= 4 is 11.4 Å². The Morgan fingerprint density at radius 1 is 1.14 bits per heavy atom. The van der Waals surface area contributed by atoms with Gasteiger partial charge in [-0.3, -0.25) is 4.79 Å². The van der Waals surface area contributed by atoms with Gasteiger partial charge in [-0.15, -0.1) is 0 Å². The average molecular weight is 301 g/mol. The van der Waals surface area contributed by atoms with E-state index in [9.17, 15) is 15.0 Å². The predicted octanol–water partition coefficient (Wildman–Crippen LogP) is 0.538. The van der Waals surface area contributed by atoms with E-state index in [0.717, 1.165) is 5.52 Å². The summed E-state index contributed by atoms with van der Waals surface area (Å²) in [6, 6.07) is 5.66. The van der Waals surface area contributed by atoms with Crippen LogP contribution in [0.1, 0.15) is 23.2 Å². The molecule has 4 rings (SSSR count). The number of hydrogen-bond donors (Lipinski definition) is 2. The summed E-state index contributed by atoms with van der Waals surface area (Å²) < 4.78 is 1.70. The summed E-state index contributed by atoms with van der Waals surface area (Å²) in [6.45, 7) is 1.30. The lowest BCUT2D eigenvalue weighted by Gasteiger charge is -2.31. The molecule has 2 aromatic heterocycles. The van der Waals surface area contributed by atoms with E-state index in [1.54, 1.807) is 10.7 Å². The Hall–Kier alpha value is -1.92. The summed E-state index contributed by atoms with van der Waals surface area (Å²) >= 11 is 0. The molecule has 0 bridgehead atoms. The molecule has 2 aliphatic rings. The van der Waals surface area contributed by atoms with Crippen molar-refractivity contribution in [2.24, 2.45) is 11.8 Å². The topological polar surface area (TPSA) is 78.1 Å². The molecular weight excluding hydrogens is 282 g/mol. The van der Waals surface area contributed by atoms with Crippen LogP contribution in [0.25, 0.3) is 5.52 Å². The molecule has 6 heteroatoms. The molecule has 6 nitrogen and oxygen atoms in total. The number of fused-ring (bicyclic) bond motifs is 2. The van der Waals surface area contributed by atoms with Crippen LogP contribution in [0.15, 0.2) is 30.6 Å². The molecule has 116 valence electrons. The van der Waals surface area contributed by atoms with Crippen LogP contribution in [0.2, 0.25) is 0 Å². The fourth-order valence-corrected chi connectivity index (χ4v) is 3.84. The van der Waals surface area contributed by atoms with Gasteiger partial charge in [-0.2, -0.15) is 5.10 Å². The SMILES string of the molecule is O=C(c1cnn2ccccc12)N1C[C@H]2C[C@H](O)[C@H](O)C[C@H]2C1. The van der Waals surface area contributed by atoms with Crippen LogP contribution < -0.4 is 0 Å². The zero-order valence-corrected chi connectivity index (χ0v) is 12.2. The molecular formula is C16H19N3O3. The summed E-state index contributed by atoms with van der Waals surface area (Å²) in [4.78, 5) is 14.6. The number of aromatic nitrogens is 2. The van der Waals surface area contributed by atoms with Crippen molar-refractivity contribution in [3.8, 4) is 0 Å². The highest BCUT2D eigenvalue weighted by Crippen LogP contribution is 2.37. The number of likely N-dealkylation sites (tertiary alicyclic amines) is 1. The zero-order valence-electron chi connectivity index (χ0n) is 12.2. The monoisotopic (exact) mass is 301 g/mol. The van der Waals surface area contributed by atoms with Crippen LogP contribution in [0.4, 0.5) is 0 Å². The van der Waals surface area contributed by atoms with E-state index in [1.165, 1.54) is 0 Å². The van der Waals surface area contributed by atoms with Gasteiger partial charge in [0, 0.05) is 19.3 Å². The number of nitrogens with zero attached hydrogens (tertiary/aromatic N) is 3. The fourth-order valence-electron chi connectivity index (χ4n) is 3.84. The second-order valence-electron chi connectivity index (χ2n) is 6.43. The molecule has 0 radical (unpaired) electrons. The van der Waals surface area contributed by atoms with Gasteiger partial charge in [0.05, 0.1) is 29.5 Å². The third kappa shape index (κ3) is 2.10. The van der Waals surface area contributed by atoms with E-state index in [-0.39, 0.29) is 17.7 Å². The van der Waals surface area contributed by atoms with E-state index in [4.69, 9.17) is 0 Å². The summed E-state index contributed by atoms with van der Waals surface area (Å²) in [5.41, 5.74) is 1.42. The lowest BCUT2D eigenvalue weighted by Crippen LogP contribution is -2.38. The third-order valence-corrected chi connectivity index (χ3v) is 5.05. The number of carbonyl (C=O) groups is 1. The highest BCUT2D eigenvalue weighted by molar-refractivity contribution is 6.00. The standard InChI is InChI=1S/C16H19N3O3/c20-14-5-10-8-18(9-11(10)6-15(14)21)16(22)12-7-17-19-4-2-1-3-13(12)19/h1-4,7,10-11,14-15,20-21H,5-6,8-9H2/t10-,11+,14+,15-. The molecule has 0 unspecified atom stereocenters. The van der Waals surface area contributed by atoms with Crippen molar-refractivity contribution in [2.45, 2.75) is 25.0 Å². The molecule has 1 amide bonds. The number of aliphatic hydroxyl groups is 2. The molecule has 2 aromatic rings. The lowest BCUT2D eigenvalue weighted by molar-refractivity contribution is -0.0372. The summed E-state index contributed by atoms with van der Waals surface area (Å²) in [5, 5.41) is 23.8. The number of carbonyl (C=O) groups excluding carboxylic acids is 1. The first-order valence-corrected chi connectivity index (χ1v) is 7.71. The molecule has 1 aliphatic heterocycles. The maximum absolute atomic E-state index is 12.8. The first-order valence-electron chi connectivity index (χ1n) is 7.71. The summed E-state index contributed by atoms with van der Waals surface area (Å²) in [7, 11) is 0. The minimum absolute atomic E-state index is 0.0143. The Morgan fingerprint density at radius 3 is 2.50 bits per heavy atom. The molecule has 1 saturated carbocycles. The summed E-state index contributed by atoms with van der Waals surface area (Å²) in [6.07, 6.45) is 3.27. The van der Waals surface area contributed by atoms with E-state index in [1.807, 2.05) is 29.3 Å². The Labute approximate surface area is 128 Å². The van der Waals surface area contributed by atoms with Gasteiger partial charge in [0.2, 0.25) is 0 Å². The minimum Gasteiger partial charge on any atom is -0.390 e. The predicted molar refractivity (Wildman–Crippen MR) is 79.3 cm³/mol. The average Bonchev–Trinajstić information content (AvgIpc) is 3.11. The largest absolute Gasteiger partial charge is 0.390 e. The van der Waals surface area contributed by atoms with Crippen molar-refractivity contribution in [1.82, 2.24) is 14.5 Å². The van der Waals surface area contributed by atoms with Crippen LogP contribution in [0, 0.1) is 11.8 Å². The number of hydrogen-bond acceptors (Lipinski definition) is 4. The van der Waals surface area contributed by atoms with E-state index in [0.29, 0.717) is 31.5 Å². The molecule has 1 aliphatic carbocycles. The Morgan fingerprint density at radius 2 is 1.82 bits per heavy atom. The van der Waals surface area contributed by atoms with Gasteiger partial charge in [0.25, 0.3) is 5.91 Å². The quantitative estimate of drug-likeness (QED) is 0.806. The van der Waals surface area contributed by atoms with Crippen molar-refractivity contribution in [1.29, 1.82) is 0 Å². The normalized spacial score (nSPS) is 31.5. The molecule has 3 heterocycles. The molecule has 1 saturated heterocycles. The zero-order chi connectivity index (χ0) is 15.3. The molecule has 4 atom stereocenters. The van der Waals surface area contributed by atoms with Gasteiger partial charge in [0.15, 0.2) is 0 Å². The Kier molecular flexibility index (Phi) is 3.16. The Balaban J connectivity index is 1.57. The number of amides is 1. The second-order valence-corrected chi connectivity index (χ2v) is 6.43. The number of aliphatic hydroxyl groups excluding tert-OH is 2. The van der Waals surface area contributed by atoms with Crippen LogP contribution in [-0.2, 0) is 0 Å². The first-order chi connectivity index (χ1) is 10.6. The van der Waals surface area contributed by atoms with Crippen LogP contribution >= 0.6 is 0 Å². The van der Waals surface area contributed by atoms with Gasteiger partial charge in [-0.25, -0.2) is 4.52 Å². The maximum Gasteiger partial charge on any atom is 0.257 e. The van der Waals surface area contributed by atoms with Gasteiger partial charge in [-0.1, -0.05) is 6.07 Å². The number of pyridine rings is 1. The molecule has 0 spiro atoms. The van der Waals surface area contributed by atoms with Crippen LogP contribution in [0.3, 0.4) is 0 Å². The maximum atomic E-state index is 12.8. The molecule has 2 fully saturated rings.